The fourth-order valence-corrected chi connectivity index (χ4v) is 2.94. The van der Waals surface area contributed by atoms with E-state index in [0.717, 1.165) is 17.8 Å². The number of benzene rings is 1. The highest BCUT2D eigenvalue weighted by molar-refractivity contribution is 5.18. The lowest BCUT2D eigenvalue weighted by atomic mass is 9.82. The molecule has 1 fully saturated rings. The highest BCUT2D eigenvalue weighted by atomic mass is 14.2. The van der Waals surface area contributed by atoms with Crippen LogP contribution in [0.4, 0.5) is 0 Å². The van der Waals surface area contributed by atoms with Crippen LogP contribution in [0.3, 0.4) is 0 Å². The predicted molar refractivity (Wildman–Crippen MR) is 109 cm³/mol. The zero-order valence-electron chi connectivity index (χ0n) is 16.2. The van der Waals surface area contributed by atoms with Gasteiger partial charge in [0.25, 0.3) is 0 Å². The van der Waals surface area contributed by atoms with Gasteiger partial charge in [0, 0.05) is 0 Å². The van der Waals surface area contributed by atoms with Crippen molar-refractivity contribution in [1.29, 1.82) is 0 Å². The molecule has 136 valence electrons. The van der Waals surface area contributed by atoms with Crippen LogP contribution in [-0.4, -0.2) is 0 Å². The monoisotopic (exact) mass is 320 g/mol. The Kier molecular flexibility index (Phi) is 15.7. The third-order valence-corrected chi connectivity index (χ3v) is 4.92. The maximum absolute atomic E-state index is 2.36. The molecule has 1 aliphatic carbocycles. The van der Waals surface area contributed by atoms with Gasteiger partial charge in [-0.15, -0.1) is 0 Å². The van der Waals surface area contributed by atoms with Crippen molar-refractivity contribution >= 4 is 0 Å². The van der Waals surface area contributed by atoms with Crippen LogP contribution in [0.15, 0.2) is 30.3 Å². The highest BCUT2D eigenvalue weighted by Gasteiger charge is 2.15. The summed E-state index contributed by atoms with van der Waals surface area (Å²) in [5, 5.41) is 0. The van der Waals surface area contributed by atoms with Gasteiger partial charge in [0.05, 0.1) is 0 Å². The fraction of sp³-hybridized carbons (Fsp3) is 0.739. The number of rotatable bonds is 3. The summed E-state index contributed by atoms with van der Waals surface area (Å²) in [6, 6.07) is 10.7. The first-order chi connectivity index (χ1) is 10.5. The Labute approximate surface area is 148 Å². The second kappa shape index (κ2) is 14.8. The molecule has 2 rings (SSSR count). The number of hydrogen-bond acceptors (Lipinski definition) is 0. The first kappa shape index (κ1) is 24.5. The molecule has 0 unspecified atom stereocenters. The quantitative estimate of drug-likeness (QED) is 0.525. The Morgan fingerprint density at radius 3 is 1.61 bits per heavy atom. The second-order valence-electron chi connectivity index (χ2n) is 7.09. The molecule has 0 radical (unpaired) electrons. The molecule has 0 N–H and O–H groups in total. The van der Waals surface area contributed by atoms with Gasteiger partial charge in [0.15, 0.2) is 0 Å². The summed E-state index contributed by atoms with van der Waals surface area (Å²) in [6.07, 6.45) is 7.46. The van der Waals surface area contributed by atoms with Gasteiger partial charge in [-0.2, -0.15) is 0 Å². The van der Waals surface area contributed by atoms with Gasteiger partial charge in [-0.3, -0.25) is 0 Å². The summed E-state index contributed by atoms with van der Waals surface area (Å²) < 4.78 is 0. The van der Waals surface area contributed by atoms with E-state index in [-0.39, 0.29) is 7.43 Å². The third kappa shape index (κ3) is 10.6. The molecule has 0 aromatic heterocycles. The van der Waals surface area contributed by atoms with E-state index >= 15 is 0 Å². The minimum absolute atomic E-state index is 0. The first-order valence-corrected chi connectivity index (χ1v) is 9.57. The van der Waals surface area contributed by atoms with Crippen LogP contribution in [0.1, 0.15) is 99.5 Å². The van der Waals surface area contributed by atoms with Crippen molar-refractivity contribution in [3.05, 3.63) is 35.9 Å². The van der Waals surface area contributed by atoms with Crippen molar-refractivity contribution in [3.8, 4) is 0 Å². The van der Waals surface area contributed by atoms with Gasteiger partial charge in [0.1, 0.15) is 0 Å². The molecule has 0 amide bonds. The second-order valence-corrected chi connectivity index (χ2v) is 7.09. The van der Waals surface area contributed by atoms with Crippen LogP contribution >= 0.6 is 0 Å². The van der Waals surface area contributed by atoms with Gasteiger partial charge in [0.2, 0.25) is 0 Å². The molecule has 0 nitrogen and oxygen atoms in total. The van der Waals surface area contributed by atoms with E-state index in [9.17, 15) is 0 Å². The molecular weight excluding hydrogens is 276 g/mol. The predicted octanol–water partition coefficient (Wildman–Crippen LogP) is 8.33. The fourth-order valence-electron chi connectivity index (χ4n) is 2.94. The van der Waals surface area contributed by atoms with Crippen LogP contribution in [0, 0.1) is 17.8 Å². The van der Waals surface area contributed by atoms with Gasteiger partial charge in [-0.05, 0) is 29.2 Å². The molecule has 1 aliphatic rings. The molecule has 0 saturated heterocycles. The smallest absolute Gasteiger partial charge is 0.0167 e. The summed E-state index contributed by atoms with van der Waals surface area (Å²) in [7, 11) is 0. The van der Waals surface area contributed by atoms with Crippen molar-refractivity contribution in [3.63, 3.8) is 0 Å². The van der Waals surface area contributed by atoms with Crippen molar-refractivity contribution in [2.45, 2.75) is 93.9 Å². The first-order valence-electron chi connectivity index (χ1n) is 9.57. The Morgan fingerprint density at radius 2 is 1.26 bits per heavy atom. The molecule has 1 atom stereocenters. The van der Waals surface area contributed by atoms with Crippen molar-refractivity contribution in [2.24, 2.45) is 17.8 Å². The normalized spacial score (nSPS) is 15.7. The van der Waals surface area contributed by atoms with Gasteiger partial charge in [-0.1, -0.05) is 118 Å². The topological polar surface area (TPSA) is 0 Å². The summed E-state index contributed by atoms with van der Waals surface area (Å²) >= 11 is 0. The standard InChI is InChI=1S/C11H16.C9H18.C2H6.CH4/c1-9(2)10(3)11-7-5-4-6-8-11;1-8(2)9-6-4-3-5-7-9;1-2;/h4-10H,1-3H3;8-9H,3-7H2,1-2H3;1-2H3;1H4/t10-;;;/m1.../s1. The van der Waals surface area contributed by atoms with E-state index in [2.05, 4.69) is 65.0 Å². The van der Waals surface area contributed by atoms with Crippen LogP contribution in [0.5, 0.6) is 0 Å². The zero-order valence-corrected chi connectivity index (χ0v) is 16.2. The van der Waals surface area contributed by atoms with Gasteiger partial charge in [-0.25, -0.2) is 0 Å². The van der Waals surface area contributed by atoms with Crippen LogP contribution < -0.4 is 0 Å². The van der Waals surface area contributed by atoms with E-state index in [4.69, 9.17) is 0 Å². The van der Waals surface area contributed by atoms with E-state index in [0.29, 0.717) is 5.92 Å². The van der Waals surface area contributed by atoms with Crippen LogP contribution in [0.2, 0.25) is 0 Å². The van der Waals surface area contributed by atoms with Crippen molar-refractivity contribution in [1.82, 2.24) is 0 Å². The average Bonchev–Trinajstić information content (AvgIpc) is 2.58. The molecule has 1 saturated carbocycles. The zero-order chi connectivity index (χ0) is 17.0. The average molecular weight is 321 g/mol. The molecule has 23 heavy (non-hydrogen) atoms. The minimum atomic E-state index is 0. The van der Waals surface area contributed by atoms with Gasteiger partial charge < -0.3 is 0 Å². The molecule has 0 heterocycles. The Balaban J connectivity index is 0. The van der Waals surface area contributed by atoms with E-state index in [1.807, 2.05) is 13.8 Å². The lowest BCUT2D eigenvalue weighted by molar-refractivity contribution is 0.279. The Morgan fingerprint density at radius 1 is 0.783 bits per heavy atom. The number of hydrogen-bond donors (Lipinski definition) is 0. The summed E-state index contributed by atoms with van der Waals surface area (Å²) in [5.41, 5.74) is 1.45. The maximum atomic E-state index is 2.36. The van der Waals surface area contributed by atoms with E-state index in [1.165, 1.54) is 37.7 Å². The summed E-state index contributed by atoms with van der Waals surface area (Å²) in [5.74, 6) is 3.40. The van der Waals surface area contributed by atoms with E-state index < -0.39 is 0 Å². The third-order valence-electron chi connectivity index (χ3n) is 4.92. The molecule has 0 aliphatic heterocycles. The Hall–Kier alpha value is -0.780. The molecule has 0 spiro atoms. The van der Waals surface area contributed by atoms with Crippen molar-refractivity contribution < 1.29 is 0 Å². The van der Waals surface area contributed by atoms with E-state index in [1.54, 1.807) is 0 Å². The van der Waals surface area contributed by atoms with Crippen LogP contribution in [0.25, 0.3) is 0 Å². The van der Waals surface area contributed by atoms with Crippen molar-refractivity contribution in [2.75, 3.05) is 0 Å². The highest BCUT2D eigenvalue weighted by Crippen LogP contribution is 2.29. The molecule has 0 bridgehead atoms. The molecule has 1 aromatic carbocycles. The largest absolute Gasteiger partial charge is 0.0776 e. The lowest BCUT2D eigenvalue weighted by Crippen LogP contribution is -2.12. The van der Waals surface area contributed by atoms with Crippen LogP contribution in [-0.2, 0) is 0 Å². The summed E-state index contributed by atoms with van der Waals surface area (Å²) in [4.78, 5) is 0. The summed E-state index contributed by atoms with van der Waals surface area (Å²) in [6.45, 7) is 15.5. The maximum Gasteiger partial charge on any atom is -0.0167 e. The molecular formula is C23H44. The lowest BCUT2D eigenvalue weighted by Gasteiger charge is -2.24. The van der Waals surface area contributed by atoms with Gasteiger partial charge >= 0.3 is 0 Å². The molecule has 0 heteroatoms. The minimum Gasteiger partial charge on any atom is -0.0776 e. The Bertz CT molecular complexity index is 330. The molecule has 1 aromatic rings. The SMILES string of the molecule is C.CC.CC(C)C1CCCCC1.CC(C)[C@@H](C)c1ccccc1.